The molecule has 0 saturated carbocycles. The molecule has 3 heteroatoms. The Kier molecular flexibility index (Phi) is 5.67. The molecule has 0 spiro atoms. The van der Waals surface area contributed by atoms with E-state index in [1.54, 1.807) is 0 Å². The lowest BCUT2D eigenvalue weighted by molar-refractivity contribution is 0.173. The summed E-state index contributed by atoms with van der Waals surface area (Å²) < 4.78 is 0. The molecule has 0 radical (unpaired) electrons. The van der Waals surface area contributed by atoms with Crippen LogP contribution >= 0.6 is 11.3 Å². The number of nitrogens with zero attached hydrogens (tertiary/aromatic N) is 1. The van der Waals surface area contributed by atoms with Crippen LogP contribution in [0.1, 0.15) is 31.6 Å². The highest BCUT2D eigenvalue weighted by Crippen LogP contribution is 2.15. The van der Waals surface area contributed by atoms with Gasteiger partial charge in [-0.1, -0.05) is 6.07 Å². The Morgan fingerprint density at radius 1 is 1.50 bits per heavy atom. The second-order valence-corrected chi connectivity index (χ2v) is 6.66. The summed E-state index contributed by atoms with van der Waals surface area (Å²) in [5.74, 6) is 0.851. The molecule has 18 heavy (non-hydrogen) atoms. The zero-order chi connectivity index (χ0) is 12.8. The summed E-state index contributed by atoms with van der Waals surface area (Å²) in [4.78, 5) is 4.17. The first kappa shape index (κ1) is 14.0. The quantitative estimate of drug-likeness (QED) is 0.851. The molecule has 1 atom stereocenters. The van der Waals surface area contributed by atoms with Crippen molar-refractivity contribution in [2.45, 2.75) is 39.2 Å². The summed E-state index contributed by atoms with van der Waals surface area (Å²) in [5, 5.41) is 5.70. The van der Waals surface area contributed by atoms with Crippen molar-refractivity contribution in [3.63, 3.8) is 0 Å². The lowest BCUT2D eigenvalue weighted by Crippen LogP contribution is -2.41. The van der Waals surface area contributed by atoms with Crippen LogP contribution in [0.25, 0.3) is 0 Å². The topological polar surface area (TPSA) is 15.3 Å². The van der Waals surface area contributed by atoms with E-state index in [1.807, 2.05) is 11.3 Å². The first-order chi connectivity index (χ1) is 8.75. The second-order valence-electron chi connectivity index (χ2n) is 5.63. The molecular formula is C15H26N2S. The molecule has 1 fully saturated rings. The van der Waals surface area contributed by atoms with Crippen molar-refractivity contribution in [1.82, 2.24) is 10.2 Å². The van der Waals surface area contributed by atoms with E-state index in [2.05, 4.69) is 41.6 Å². The van der Waals surface area contributed by atoms with Crippen molar-refractivity contribution in [2.24, 2.45) is 5.92 Å². The number of thiophene rings is 1. The van der Waals surface area contributed by atoms with Crippen molar-refractivity contribution in [3.05, 3.63) is 22.4 Å². The highest BCUT2D eigenvalue weighted by molar-refractivity contribution is 7.09. The summed E-state index contributed by atoms with van der Waals surface area (Å²) in [6.07, 6.45) is 3.95. The van der Waals surface area contributed by atoms with Crippen LogP contribution in [0.15, 0.2) is 17.5 Å². The predicted molar refractivity (Wildman–Crippen MR) is 80.3 cm³/mol. The van der Waals surface area contributed by atoms with Gasteiger partial charge in [-0.15, -0.1) is 11.3 Å². The number of nitrogens with one attached hydrogen (secondary N) is 1. The van der Waals surface area contributed by atoms with Gasteiger partial charge < -0.3 is 10.2 Å². The van der Waals surface area contributed by atoms with Gasteiger partial charge in [-0.25, -0.2) is 0 Å². The van der Waals surface area contributed by atoms with Crippen molar-refractivity contribution < 1.29 is 0 Å². The van der Waals surface area contributed by atoms with Crippen LogP contribution < -0.4 is 5.32 Å². The van der Waals surface area contributed by atoms with Crippen LogP contribution in [-0.4, -0.2) is 37.1 Å². The molecule has 0 amide bonds. The molecular weight excluding hydrogens is 240 g/mol. The fraction of sp³-hybridized carbons (Fsp3) is 0.733. The standard InChI is InChI=1S/C15H26N2S/c1-13(2)17(9-7-15-6-4-10-18-15)12-14-5-3-8-16-11-14/h4,6,10,13-14,16H,3,5,7-9,11-12H2,1-2H3. The summed E-state index contributed by atoms with van der Waals surface area (Å²) >= 11 is 1.88. The Bertz CT molecular complexity index is 315. The number of hydrogen-bond acceptors (Lipinski definition) is 3. The van der Waals surface area contributed by atoms with E-state index >= 15 is 0 Å². The van der Waals surface area contributed by atoms with Crippen LogP contribution in [0.4, 0.5) is 0 Å². The van der Waals surface area contributed by atoms with Gasteiger partial charge in [0.2, 0.25) is 0 Å². The van der Waals surface area contributed by atoms with E-state index in [0.29, 0.717) is 6.04 Å². The Balaban J connectivity index is 1.79. The fourth-order valence-electron chi connectivity index (χ4n) is 2.68. The van der Waals surface area contributed by atoms with Gasteiger partial charge in [-0.3, -0.25) is 0 Å². The molecule has 1 aliphatic rings. The minimum atomic E-state index is 0.659. The van der Waals surface area contributed by atoms with Gasteiger partial charge in [0.1, 0.15) is 0 Å². The maximum absolute atomic E-state index is 3.52. The van der Waals surface area contributed by atoms with Gasteiger partial charge in [-0.05, 0) is 63.6 Å². The zero-order valence-electron chi connectivity index (χ0n) is 11.7. The van der Waals surface area contributed by atoms with Crippen molar-refractivity contribution >= 4 is 11.3 Å². The highest BCUT2D eigenvalue weighted by Gasteiger charge is 2.18. The van der Waals surface area contributed by atoms with E-state index in [1.165, 1.54) is 50.3 Å². The Morgan fingerprint density at radius 2 is 2.39 bits per heavy atom. The van der Waals surface area contributed by atoms with Crippen molar-refractivity contribution in [1.29, 1.82) is 0 Å². The molecule has 102 valence electrons. The summed E-state index contributed by atoms with van der Waals surface area (Å²) in [5.41, 5.74) is 0. The van der Waals surface area contributed by atoms with E-state index in [9.17, 15) is 0 Å². The number of hydrogen-bond donors (Lipinski definition) is 1. The fourth-order valence-corrected chi connectivity index (χ4v) is 3.38. The summed E-state index contributed by atoms with van der Waals surface area (Å²) in [6, 6.07) is 5.07. The van der Waals surface area contributed by atoms with Gasteiger partial charge in [0.05, 0.1) is 0 Å². The van der Waals surface area contributed by atoms with Crippen LogP contribution in [0, 0.1) is 5.92 Å². The molecule has 1 N–H and O–H groups in total. The van der Waals surface area contributed by atoms with Gasteiger partial charge in [0, 0.05) is 24.0 Å². The molecule has 1 unspecified atom stereocenters. The Labute approximate surface area is 115 Å². The Morgan fingerprint density at radius 3 is 3.00 bits per heavy atom. The summed E-state index contributed by atoms with van der Waals surface area (Å²) in [6.45, 7) is 9.54. The smallest absolute Gasteiger partial charge is 0.00579 e. The van der Waals surface area contributed by atoms with Crippen LogP contribution in [0.5, 0.6) is 0 Å². The normalized spacial score (nSPS) is 20.8. The van der Waals surface area contributed by atoms with E-state index in [0.717, 1.165) is 5.92 Å². The van der Waals surface area contributed by atoms with Gasteiger partial charge in [0.25, 0.3) is 0 Å². The van der Waals surface area contributed by atoms with Crippen LogP contribution in [-0.2, 0) is 6.42 Å². The van der Waals surface area contributed by atoms with Crippen molar-refractivity contribution in [2.75, 3.05) is 26.2 Å². The average Bonchev–Trinajstić information content (AvgIpc) is 2.88. The molecule has 0 bridgehead atoms. The molecule has 0 aromatic carbocycles. The zero-order valence-corrected chi connectivity index (χ0v) is 12.5. The Hall–Kier alpha value is -0.380. The maximum atomic E-state index is 3.52. The molecule has 2 nitrogen and oxygen atoms in total. The lowest BCUT2D eigenvalue weighted by Gasteiger charge is -2.32. The minimum Gasteiger partial charge on any atom is -0.316 e. The molecule has 1 aliphatic heterocycles. The first-order valence-electron chi connectivity index (χ1n) is 7.23. The predicted octanol–water partition coefficient (Wildman–Crippen LogP) is 3.00. The van der Waals surface area contributed by atoms with Crippen molar-refractivity contribution in [3.8, 4) is 0 Å². The molecule has 2 rings (SSSR count). The van der Waals surface area contributed by atoms with Gasteiger partial charge in [0.15, 0.2) is 0 Å². The minimum absolute atomic E-state index is 0.659. The van der Waals surface area contributed by atoms with E-state index in [4.69, 9.17) is 0 Å². The average molecular weight is 266 g/mol. The molecule has 1 saturated heterocycles. The first-order valence-corrected chi connectivity index (χ1v) is 8.11. The third-order valence-electron chi connectivity index (χ3n) is 3.85. The SMILES string of the molecule is CC(C)N(CCc1cccs1)CC1CCCNC1. The largest absolute Gasteiger partial charge is 0.316 e. The molecule has 0 aliphatic carbocycles. The molecule has 1 aromatic heterocycles. The number of piperidine rings is 1. The van der Waals surface area contributed by atoms with Gasteiger partial charge >= 0.3 is 0 Å². The highest BCUT2D eigenvalue weighted by atomic mass is 32.1. The summed E-state index contributed by atoms with van der Waals surface area (Å²) in [7, 11) is 0. The second kappa shape index (κ2) is 7.27. The third-order valence-corrected chi connectivity index (χ3v) is 4.78. The van der Waals surface area contributed by atoms with E-state index in [-0.39, 0.29) is 0 Å². The maximum Gasteiger partial charge on any atom is 0.00579 e. The number of rotatable bonds is 6. The van der Waals surface area contributed by atoms with E-state index < -0.39 is 0 Å². The van der Waals surface area contributed by atoms with Crippen LogP contribution in [0.3, 0.4) is 0 Å². The lowest BCUT2D eigenvalue weighted by atomic mass is 9.98. The third kappa shape index (κ3) is 4.38. The monoisotopic (exact) mass is 266 g/mol. The molecule has 2 heterocycles. The van der Waals surface area contributed by atoms with Crippen LogP contribution in [0.2, 0.25) is 0 Å². The van der Waals surface area contributed by atoms with Gasteiger partial charge in [-0.2, -0.15) is 0 Å². The molecule has 1 aromatic rings.